The molecule has 0 fully saturated rings. The second-order valence-corrected chi connectivity index (χ2v) is 3.98. The lowest BCUT2D eigenvalue weighted by molar-refractivity contribution is 0.0461. The number of unbranched alkanes of at least 4 members (excludes halogenated alkanes) is 1. The van der Waals surface area contributed by atoms with E-state index < -0.39 is 0 Å². The molecule has 0 spiro atoms. The molecule has 1 aliphatic rings. The Bertz CT molecular complexity index is 347. The van der Waals surface area contributed by atoms with E-state index in [9.17, 15) is 4.79 Å². The molecule has 4 heteroatoms. The number of hydrogen-bond acceptors (Lipinski definition) is 4. The van der Waals surface area contributed by atoms with Gasteiger partial charge in [0.25, 0.3) is 0 Å². The van der Waals surface area contributed by atoms with Gasteiger partial charge in [0.15, 0.2) is 0 Å². The van der Waals surface area contributed by atoms with Crippen molar-refractivity contribution in [2.24, 2.45) is 0 Å². The summed E-state index contributed by atoms with van der Waals surface area (Å²) in [5.74, 6) is 0.862. The van der Waals surface area contributed by atoms with E-state index in [-0.39, 0.29) is 5.97 Å². The van der Waals surface area contributed by atoms with Crippen molar-refractivity contribution in [3.63, 3.8) is 0 Å². The van der Waals surface area contributed by atoms with E-state index in [1.807, 2.05) is 6.07 Å². The molecular weight excluding hydrogens is 206 g/mol. The first-order valence-electron chi connectivity index (χ1n) is 5.80. The number of hydrogen-bond donors (Lipinski definition) is 1. The van der Waals surface area contributed by atoms with Gasteiger partial charge in [0, 0.05) is 0 Å². The van der Waals surface area contributed by atoms with Gasteiger partial charge in [-0.25, -0.2) is 4.79 Å². The number of nitrogens with one attached hydrogen (secondary N) is 1. The highest BCUT2D eigenvalue weighted by Gasteiger charge is 2.19. The normalized spacial score (nSPS) is 14.6. The Labute approximate surface area is 95.0 Å². The van der Waals surface area contributed by atoms with Crippen molar-refractivity contribution in [1.29, 1.82) is 0 Å². The van der Waals surface area contributed by atoms with E-state index in [1.165, 1.54) is 0 Å². The summed E-state index contributed by atoms with van der Waals surface area (Å²) in [6, 6.07) is 1.81. The first kappa shape index (κ1) is 11.2. The SMILES string of the molecule is CCCCOC(=O)c1cc2c(o1)CNCC2. The number of ether oxygens (including phenoxy) is 1. The average Bonchev–Trinajstić information content (AvgIpc) is 2.73. The molecule has 16 heavy (non-hydrogen) atoms. The number of carbonyl (C=O) groups excluding carboxylic acids is 1. The van der Waals surface area contributed by atoms with Gasteiger partial charge < -0.3 is 14.5 Å². The van der Waals surface area contributed by atoms with Gasteiger partial charge in [-0.2, -0.15) is 0 Å². The minimum Gasteiger partial charge on any atom is -0.460 e. The largest absolute Gasteiger partial charge is 0.460 e. The molecular formula is C12H17NO3. The van der Waals surface area contributed by atoms with Gasteiger partial charge in [-0.15, -0.1) is 0 Å². The van der Waals surface area contributed by atoms with Crippen LogP contribution < -0.4 is 5.32 Å². The molecule has 0 aromatic carbocycles. The quantitative estimate of drug-likeness (QED) is 0.625. The summed E-state index contributed by atoms with van der Waals surface area (Å²) >= 11 is 0. The second-order valence-electron chi connectivity index (χ2n) is 3.98. The minimum atomic E-state index is -0.345. The molecule has 0 saturated carbocycles. The van der Waals surface area contributed by atoms with E-state index in [0.717, 1.165) is 37.1 Å². The molecule has 1 aliphatic heterocycles. The van der Waals surface area contributed by atoms with Crippen LogP contribution in [0.25, 0.3) is 0 Å². The molecule has 1 aromatic rings. The summed E-state index contributed by atoms with van der Waals surface area (Å²) in [6.45, 7) is 4.18. The molecule has 4 nitrogen and oxygen atoms in total. The van der Waals surface area contributed by atoms with Gasteiger partial charge in [-0.3, -0.25) is 0 Å². The van der Waals surface area contributed by atoms with Crippen molar-refractivity contribution in [3.8, 4) is 0 Å². The number of esters is 1. The Hall–Kier alpha value is -1.29. The zero-order chi connectivity index (χ0) is 11.4. The van der Waals surface area contributed by atoms with Crippen molar-refractivity contribution in [2.75, 3.05) is 13.2 Å². The molecule has 0 radical (unpaired) electrons. The molecule has 2 heterocycles. The third-order valence-electron chi connectivity index (χ3n) is 2.69. The van der Waals surface area contributed by atoms with Crippen LogP contribution in [0.4, 0.5) is 0 Å². The van der Waals surface area contributed by atoms with Crippen molar-refractivity contribution in [3.05, 3.63) is 23.2 Å². The first-order chi connectivity index (χ1) is 7.81. The van der Waals surface area contributed by atoms with Crippen LogP contribution in [0.1, 0.15) is 41.6 Å². The third kappa shape index (κ3) is 2.44. The van der Waals surface area contributed by atoms with Crippen molar-refractivity contribution in [1.82, 2.24) is 5.32 Å². The summed E-state index contributed by atoms with van der Waals surface area (Å²) in [6.07, 6.45) is 2.83. The minimum absolute atomic E-state index is 0.338. The summed E-state index contributed by atoms with van der Waals surface area (Å²) in [7, 11) is 0. The zero-order valence-electron chi connectivity index (χ0n) is 9.54. The monoisotopic (exact) mass is 223 g/mol. The van der Waals surface area contributed by atoms with Crippen LogP contribution in [0.3, 0.4) is 0 Å². The molecule has 1 aromatic heterocycles. The van der Waals surface area contributed by atoms with Gasteiger partial charge >= 0.3 is 5.97 Å². The number of fused-ring (bicyclic) bond motifs is 1. The van der Waals surface area contributed by atoms with E-state index in [1.54, 1.807) is 0 Å². The van der Waals surface area contributed by atoms with Crippen molar-refractivity contribution in [2.45, 2.75) is 32.7 Å². The first-order valence-corrected chi connectivity index (χ1v) is 5.80. The lowest BCUT2D eigenvalue weighted by Crippen LogP contribution is -2.22. The standard InChI is InChI=1S/C12H17NO3/c1-2-3-6-15-12(14)10-7-9-4-5-13-8-11(9)16-10/h7,13H,2-6,8H2,1H3. The topological polar surface area (TPSA) is 51.5 Å². The Kier molecular flexibility index (Phi) is 3.62. The predicted molar refractivity (Wildman–Crippen MR) is 59.3 cm³/mol. The molecule has 0 bridgehead atoms. The Morgan fingerprint density at radius 3 is 3.25 bits per heavy atom. The fraction of sp³-hybridized carbons (Fsp3) is 0.583. The maximum absolute atomic E-state index is 11.6. The van der Waals surface area contributed by atoms with E-state index in [2.05, 4.69) is 12.2 Å². The van der Waals surface area contributed by atoms with Crippen LogP contribution in [0.5, 0.6) is 0 Å². The van der Waals surface area contributed by atoms with Gasteiger partial charge in [0.1, 0.15) is 5.76 Å². The highest BCUT2D eigenvalue weighted by atomic mass is 16.5. The van der Waals surface area contributed by atoms with E-state index >= 15 is 0 Å². The van der Waals surface area contributed by atoms with Gasteiger partial charge in [-0.1, -0.05) is 13.3 Å². The fourth-order valence-corrected chi connectivity index (χ4v) is 1.73. The highest BCUT2D eigenvalue weighted by Crippen LogP contribution is 2.19. The van der Waals surface area contributed by atoms with Crippen LogP contribution in [0, 0.1) is 0 Å². The van der Waals surface area contributed by atoms with Crippen LogP contribution >= 0.6 is 0 Å². The Morgan fingerprint density at radius 2 is 2.50 bits per heavy atom. The highest BCUT2D eigenvalue weighted by molar-refractivity contribution is 5.86. The molecule has 0 aliphatic carbocycles. The Morgan fingerprint density at radius 1 is 1.62 bits per heavy atom. The fourth-order valence-electron chi connectivity index (χ4n) is 1.73. The lowest BCUT2D eigenvalue weighted by Gasteiger charge is -2.09. The van der Waals surface area contributed by atoms with Crippen molar-refractivity contribution < 1.29 is 13.9 Å². The summed E-state index contributed by atoms with van der Waals surface area (Å²) < 4.78 is 10.6. The third-order valence-corrected chi connectivity index (χ3v) is 2.69. The number of carbonyl (C=O) groups is 1. The van der Waals surface area contributed by atoms with Gasteiger partial charge in [0.2, 0.25) is 5.76 Å². The van der Waals surface area contributed by atoms with E-state index in [4.69, 9.17) is 9.15 Å². The van der Waals surface area contributed by atoms with Gasteiger partial charge in [-0.05, 0) is 31.0 Å². The van der Waals surface area contributed by atoms with Crippen LogP contribution in [0.2, 0.25) is 0 Å². The van der Waals surface area contributed by atoms with Crippen LogP contribution in [0.15, 0.2) is 10.5 Å². The van der Waals surface area contributed by atoms with Crippen LogP contribution in [-0.2, 0) is 17.7 Å². The Balaban J connectivity index is 1.98. The van der Waals surface area contributed by atoms with E-state index in [0.29, 0.717) is 18.9 Å². The van der Waals surface area contributed by atoms with Crippen LogP contribution in [-0.4, -0.2) is 19.1 Å². The molecule has 0 atom stereocenters. The molecule has 0 amide bonds. The number of furan rings is 1. The smallest absolute Gasteiger partial charge is 0.374 e. The predicted octanol–water partition coefficient (Wildman–Crippen LogP) is 1.88. The second kappa shape index (κ2) is 5.16. The summed E-state index contributed by atoms with van der Waals surface area (Å²) in [4.78, 5) is 11.6. The maximum atomic E-state index is 11.6. The van der Waals surface area contributed by atoms with Gasteiger partial charge in [0.05, 0.1) is 13.2 Å². The number of rotatable bonds is 4. The summed E-state index contributed by atoms with van der Waals surface area (Å²) in [5, 5.41) is 3.20. The zero-order valence-corrected chi connectivity index (χ0v) is 9.54. The molecule has 0 saturated heterocycles. The summed E-state index contributed by atoms with van der Waals surface area (Å²) in [5.41, 5.74) is 1.13. The maximum Gasteiger partial charge on any atom is 0.374 e. The molecule has 1 N–H and O–H groups in total. The average molecular weight is 223 g/mol. The van der Waals surface area contributed by atoms with Crippen molar-refractivity contribution >= 4 is 5.97 Å². The molecule has 2 rings (SSSR count). The lowest BCUT2D eigenvalue weighted by atomic mass is 10.1. The molecule has 88 valence electrons. The molecule has 0 unspecified atom stereocenters.